The van der Waals surface area contributed by atoms with Crippen LogP contribution >= 0.6 is 15.9 Å². The van der Waals surface area contributed by atoms with Crippen molar-refractivity contribution >= 4 is 21.7 Å². The number of nitrogens with zero attached hydrogens (tertiary/aromatic N) is 2. The second-order valence-corrected chi connectivity index (χ2v) is 5.28. The molecule has 0 fully saturated rings. The van der Waals surface area contributed by atoms with E-state index in [1.54, 1.807) is 0 Å². The average molecular weight is 292 g/mol. The first-order chi connectivity index (χ1) is 8.18. The Kier molecular flexibility index (Phi) is 2.47. The second kappa shape index (κ2) is 3.88. The van der Waals surface area contributed by atoms with Gasteiger partial charge in [0.25, 0.3) is 0 Å². The van der Waals surface area contributed by atoms with E-state index in [0.717, 1.165) is 23.0 Å². The van der Waals surface area contributed by atoms with Gasteiger partial charge in [-0.25, -0.2) is 4.68 Å². The van der Waals surface area contributed by atoms with E-state index in [1.807, 2.05) is 4.68 Å². The lowest BCUT2D eigenvalue weighted by atomic mass is 10.2. The molecule has 1 heterocycles. The fourth-order valence-electron chi connectivity index (χ4n) is 2.46. The molecule has 3 rings (SSSR count). The summed E-state index contributed by atoms with van der Waals surface area (Å²) in [5.41, 5.74) is 10.8. The molecule has 17 heavy (non-hydrogen) atoms. The van der Waals surface area contributed by atoms with Gasteiger partial charge in [0, 0.05) is 15.7 Å². The summed E-state index contributed by atoms with van der Waals surface area (Å²) in [5.74, 6) is 0.686. The number of fused-ring (bicyclic) bond motifs is 1. The van der Waals surface area contributed by atoms with Crippen molar-refractivity contribution in [3.8, 4) is 5.69 Å². The molecule has 0 aliphatic heterocycles. The third kappa shape index (κ3) is 1.59. The number of nitrogen functional groups attached to an aromatic ring is 1. The van der Waals surface area contributed by atoms with Crippen molar-refractivity contribution < 1.29 is 0 Å². The van der Waals surface area contributed by atoms with Gasteiger partial charge in [-0.1, -0.05) is 12.1 Å². The van der Waals surface area contributed by atoms with E-state index in [2.05, 4.69) is 46.2 Å². The van der Waals surface area contributed by atoms with Gasteiger partial charge in [0.1, 0.15) is 5.82 Å². The van der Waals surface area contributed by atoms with E-state index in [9.17, 15) is 0 Å². The van der Waals surface area contributed by atoms with Gasteiger partial charge in [-0.2, -0.15) is 5.10 Å². The van der Waals surface area contributed by atoms with Gasteiger partial charge >= 0.3 is 0 Å². The van der Waals surface area contributed by atoms with Crippen LogP contribution in [0.3, 0.4) is 0 Å². The van der Waals surface area contributed by atoms with Crippen molar-refractivity contribution in [1.29, 1.82) is 0 Å². The van der Waals surface area contributed by atoms with Gasteiger partial charge in [-0.05, 0) is 53.7 Å². The molecule has 0 unspecified atom stereocenters. The first kappa shape index (κ1) is 10.8. The van der Waals surface area contributed by atoms with Crippen LogP contribution in [0.15, 0.2) is 22.7 Å². The molecule has 0 bridgehead atoms. The molecule has 0 spiro atoms. The summed E-state index contributed by atoms with van der Waals surface area (Å²) in [6, 6.07) is 6.21. The Bertz CT molecular complexity index is 587. The zero-order valence-corrected chi connectivity index (χ0v) is 11.3. The van der Waals surface area contributed by atoms with Gasteiger partial charge in [-0.3, -0.25) is 0 Å². The molecule has 0 saturated heterocycles. The van der Waals surface area contributed by atoms with Gasteiger partial charge in [0.15, 0.2) is 0 Å². The number of hydrogen-bond acceptors (Lipinski definition) is 2. The number of aryl methyl sites for hydroxylation is 1. The zero-order chi connectivity index (χ0) is 12.0. The van der Waals surface area contributed by atoms with Crippen molar-refractivity contribution in [2.24, 2.45) is 0 Å². The van der Waals surface area contributed by atoms with E-state index in [4.69, 9.17) is 5.73 Å². The number of hydrogen-bond donors (Lipinski definition) is 1. The summed E-state index contributed by atoms with van der Waals surface area (Å²) >= 11 is 3.63. The predicted octanol–water partition coefficient (Wildman–Crippen LogP) is 3.01. The third-order valence-electron chi connectivity index (χ3n) is 3.36. The summed E-state index contributed by atoms with van der Waals surface area (Å²) in [7, 11) is 0. The van der Waals surface area contributed by atoms with Crippen LogP contribution in [0.2, 0.25) is 0 Å². The Morgan fingerprint density at radius 2 is 2.18 bits per heavy atom. The van der Waals surface area contributed by atoms with Crippen molar-refractivity contribution in [3.05, 3.63) is 39.5 Å². The van der Waals surface area contributed by atoms with Gasteiger partial charge in [0.05, 0.1) is 5.69 Å². The number of benzene rings is 1. The maximum atomic E-state index is 5.97. The predicted molar refractivity (Wildman–Crippen MR) is 72.4 cm³/mol. The minimum Gasteiger partial charge on any atom is -0.382 e. The Balaban J connectivity index is 2.23. The van der Waals surface area contributed by atoms with Crippen molar-refractivity contribution in [1.82, 2.24) is 9.78 Å². The molecule has 1 aliphatic carbocycles. The highest BCUT2D eigenvalue weighted by Gasteiger charge is 2.22. The molecule has 0 radical (unpaired) electrons. The Morgan fingerprint density at radius 1 is 1.35 bits per heavy atom. The fourth-order valence-corrected chi connectivity index (χ4v) is 2.89. The first-order valence-electron chi connectivity index (χ1n) is 5.80. The Morgan fingerprint density at radius 3 is 3.00 bits per heavy atom. The molecule has 2 aromatic rings. The Hall–Kier alpha value is -1.29. The highest BCUT2D eigenvalue weighted by molar-refractivity contribution is 9.10. The summed E-state index contributed by atoms with van der Waals surface area (Å²) in [4.78, 5) is 0. The monoisotopic (exact) mass is 291 g/mol. The first-order valence-corrected chi connectivity index (χ1v) is 6.59. The van der Waals surface area contributed by atoms with E-state index < -0.39 is 0 Å². The number of nitrogens with two attached hydrogens (primary N) is 1. The molecule has 0 atom stereocenters. The van der Waals surface area contributed by atoms with Crippen LogP contribution in [0, 0.1) is 6.92 Å². The van der Waals surface area contributed by atoms with Crippen LogP contribution in [0.4, 0.5) is 5.82 Å². The highest BCUT2D eigenvalue weighted by atomic mass is 79.9. The van der Waals surface area contributed by atoms with E-state index in [1.165, 1.54) is 23.2 Å². The molecule has 1 aliphatic rings. The van der Waals surface area contributed by atoms with E-state index >= 15 is 0 Å². The lowest BCUT2D eigenvalue weighted by Crippen LogP contribution is -2.03. The number of rotatable bonds is 1. The fraction of sp³-hybridized carbons (Fsp3) is 0.308. The van der Waals surface area contributed by atoms with Crippen LogP contribution in [-0.2, 0) is 12.8 Å². The highest BCUT2D eigenvalue weighted by Crippen LogP contribution is 2.32. The molecule has 0 saturated carbocycles. The van der Waals surface area contributed by atoms with Crippen LogP contribution in [0.5, 0.6) is 0 Å². The minimum atomic E-state index is 0.686. The molecule has 88 valence electrons. The molecule has 1 aromatic heterocycles. The normalized spacial score (nSPS) is 14.0. The molecule has 0 amide bonds. The molecule has 1 aromatic carbocycles. The van der Waals surface area contributed by atoms with Crippen LogP contribution < -0.4 is 5.73 Å². The molecule has 2 N–H and O–H groups in total. The quantitative estimate of drug-likeness (QED) is 0.878. The number of halogens is 1. The summed E-state index contributed by atoms with van der Waals surface area (Å²) < 4.78 is 3.09. The van der Waals surface area contributed by atoms with Gasteiger partial charge in [-0.15, -0.1) is 0 Å². The maximum absolute atomic E-state index is 5.97. The van der Waals surface area contributed by atoms with Crippen LogP contribution in [-0.4, -0.2) is 9.78 Å². The van der Waals surface area contributed by atoms with Crippen molar-refractivity contribution in [3.63, 3.8) is 0 Å². The largest absolute Gasteiger partial charge is 0.382 e. The van der Waals surface area contributed by atoms with Crippen molar-refractivity contribution in [2.75, 3.05) is 5.73 Å². The lowest BCUT2D eigenvalue weighted by Gasteiger charge is -2.09. The standard InChI is InChI=1S/C13H14BrN3/c1-8-4-2-7-11(12(8)14)17-10-6-3-5-9(10)13(15)16-17/h2,4,7H,3,5-6H2,1H3,(H2,15,16). The van der Waals surface area contributed by atoms with Gasteiger partial charge < -0.3 is 5.73 Å². The SMILES string of the molecule is Cc1cccc(-n2nc(N)c3c2CCC3)c1Br. The van der Waals surface area contributed by atoms with E-state index in [-0.39, 0.29) is 0 Å². The number of aromatic nitrogens is 2. The lowest BCUT2D eigenvalue weighted by molar-refractivity contribution is 0.785. The number of anilines is 1. The third-order valence-corrected chi connectivity index (χ3v) is 4.39. The topological polar surface area (TPSA) is 43.8 Å². The summed E-state index contributed by atoms with van der Waals surface area (Å²) in [6.07, 6.45) is 3.31. The summed E-state index contributed by atoms with van der Waals surface area (Å²) in [5, 5.41) is 4.47. The van der Waals surface area contributed by atoms with Gasteiger partial charge in [0.2, 0.25) is 0 Å². The average Bonchev–Trinajstić information content (AvgIpc) is 2.87. The van der Waals surface area contributed by atoms with E-state index in [0.29, 0.717) is 5.82 Å². The summed E-state index contributed by atoms with van der Waals surface area (Å²) in [6.45, 7) is 2.08. The van der Waals surface area contributed by atoms with Crippen molar-refractivity contribution in [2.45, 2.75) is 26.2 Å². The second-order valence-electron chi connectivity index (χ2n) is 4.48. The molecule has 4 heteroatoms. The van der Waals surface area contributed by atoms with Crippen LogP contribution in [0.1, 0.15) is 23.2 Å². The molecular formula is C13H14BrN3. The van der Waals surface area contributed by atoms with Crippen LogP contribution in [0.25, 0.3) is 5.69 Å². The maximum Gasteiger partial charge on any atom is 0.149 e. The smallest absolute Gasteiger partial charge is 0.149 e. The zero-order valence-electron chi connectivity index (χ0n) is 9.70. The molecule has 3 nitrogen and oxygen atoms in total. The Labute approximate surface area is 109 Å². The molecular weight excluding hydrogens is 278 g/mol. The minimum absolute atomic E-state index is 0.686.